The van der Waals surface area contributed by atoms with Crippen LogP contribution in [0.25, 0.3) is 0 Å². The summed E-state index contributed by atoms with van der Waals surface area (Å²) in [6.45, 7) is 2.27. The first kappa shape index (κ1) is 12.7. The highest BCUT2D eigenvalue weighted by atomic mass is 35.5. The summed E-state index contributed by atoms with van der Waals surface area (Å²) in [6, 6.07) is 8.68. The van der Waals surface area contributed by atoms with E-state index < -0.39 is 0 Å². The molecule has 1 saturated heterocycles. The normalized spacial score (nSPS) is 21.4. The first-order valence-electron chi connectivity index (χ1n) is 6.45. The molecule has 17 heavy (non-hydrogen) atoms. The first-order valence-corrected chi connectivity index (χ1v) is 6.83. The van der Waals surface area contributed by atoms with Gasteiger partial charge in [0.2, 0.25) is 0 Å². The van der Waals surface area contributed by atoms with Gasteiger partial charge in [0.25, 0.3) is 0 Å². The predicted molar refractivity (Wildman–Crippen MR) is 74.8 cm³/mol. The van der Waals surface area contributed by atoms with Crippen LogP contribution in [-0.4, -0.2) is 31.1 Å². The van der Waals surface area contributed by atoms with E-state index in [4.69, 9.17) is 11.6 Å². The molecule has 1 aromatic rings. The van der Waals surface area contributed by atoms with Crippen LogP contribution in [0.2, 0.25) is 5.02 Å². The van der Waals surface area contributed by atoms with Crippen LogP contribution in [0.5, 0.6) is 0 Å². The van der Waals surface area contributed by atoms with Crippen molar-refractivity contribution in [1.29, 1.82) is 0 Å². The molecule has 1 aliphatic heterocycles. The van der Waals surface area contributed by atoms with Crippen LogP contribution in [0.3, 0.4) is 0 Å². The Hall–Kier alpha value is -0.730. The molecule has 0 aliphatic carbocycles. The van der Waals surface area contributed by atoms with Gasteiger partial charge in [0.15, 0.2) is 0 Å². The molecule has 0 aromatic heterocycles. The van der Waals surface area contributed by atoms with Crippen molar-refractivity contribution in [1.82, 2.24) is 4.90 Å². The Bertz CT molecular complexity index is 354. The number of benzene rings is 1. The lowest BCUT2D eigenvalue weighted by Gasteiger charge is -2.32. The van der Waals surface area contributed by atoms with Crippen molar-refractivity contribution >= 4 is 17.3 Å². The van der Waals surface area contributed by atoms with Gasteiger partial charge in [-0.2, -0.15) is 0 Å². The highest BCUT2D eigenvalue weighted by molar-refractivity contribution is 6.30. The minimum Gasteiger partial charge on any atom is -0.385 e. The van der Waals surface area contributed by atoms with Crippen LogP contribution in [-0.2, 0) is 0 Å². The van der Waals surface area contributed by atoms with Gasteiger partial charge in [-0.15, -0.1) is 0 Å². The molecule has 1 N–H and O–H groups in total. The van der Waals surface area contributed by atoms with E-state index in [0.29, 0.717) is 0 Å². The second-order valence-corrected chi connectivity index (χ2v) is 5.29. The molecular formula is C14H21ClN2. The molecule has 3 heteroatoms. The van der Waals surface area contributed by atoms with Gasteiger partial charge in [0.05, 0.1) is 0 Å². The summed E-state index contributed by atoms with van der Waals surface area (Å²) in [5, 5.41) is 4.24. The average Bonchev–Trinajstić information content (AvgIpc) is 2.32. The predicted octanol–water partition coefficient (Wildman–Crippen LogP) is 3.63. The van der Waals surface area contributed by atoms with Crippen molar-refractivity contribution in [3.63, 3.8) is 0 Å². The highest BCUT2D eigenvalue weighted by Crippen LogP contribution is 2.19. The standard InChI is InChI=1S/C14H21ClN2/c1-17-10-3-2-7-14(17)8-9-16-13-6-4-5-12(15)11-13/h4-6,11,14,16H,2-3,7-10H2,1H3. The van der Waals surface area contributed by atoms with Crippen LogP contribution in [0.4, 0.5) is 5.69 Å². The van der Waals surface area contributed by atoms with Crippen LogP contribution >= 0.6 is 11.6 Å². The van der Waals surface area contributed by atoms with Crippen molar-refractivity contribution in [3.05, 3.63) is 29.3 Å². The number of piperidine rings is 1. The molecule has 1 aliphatic rings. The Balaban J connectivity index is 1.75. The SMILES string of the molecule is CN1CCCCC1CCNc1cccc(Cl)c1. The lowest BCUT2D eigenvalue weighted by molar-refractivity contribution is 0.179. The summed E-state index contributed by atoms with van der Waals surface area (Å²) in [5.74, 6) is 0. The van der Waals surface area contributed by atoms with E-state index in [1.165, 1.54) is 32.2 Å². The lowest BCUT2D eigenvalue weighted by Crippen LogP contribution is -2.37. The van der Waals surface area contributed by atoms with E-state index in [-0.39, 0.29) is 0 Å². The monoisotopic (exact) mass is 252 g/mol. The maximum absolute atomic E-state index is 5.95. The Labute approximate surface area is 109 Å². The number of halogens is 1. The van der Waals surface area contributed by atoms with Gasteiger partial charge in [-0.1, -0.05) is 24.1 Å². The Morgan fingerprint density at radius 1 is 1.41 bits per heavy atom. The van der Waals surface area contributed by atoms with Gasteiger partial charge < -0.3 is 10.2 Å². The average molecular weight is 253 g/mol. The van der Waals surface area contributed by atoms with Gasteiger partial charge in [-0.25, -0.2) is 0 Å². The molecule has 0 bridgehead atoms. The highest BCUT2D eigenvalue weighted by Gasteiger charge is 2.17. The maximum atomic E-state index is 5.95. The first-order chi connectivity index (χ1) is 8.25. The molecule has 2 nitrogen and oxygen atoms in total. The summed E-state index contributed by atoms with van der Waals surface area (Å²) in [7, 11) is 2.24. The minimum atomic E-state index is 0.746. The van der Waals surface area contributed by atoms with E-state index in [0.717, 1.165) is 23.3 Å². The molecule has 2 rings (SSSR count). The Kier molecular flexibility index (Phi) is 4.69. The largest absolute Gasteiger partial charge is 0.385 e. The molecule has 0 amide bonds. The van der Waals surface area contributed by atoms with Crippen molar-refractivity contribution in [3.8, 4) is 0 Å². The smallest absolute Gasteiger partial charge is 0.0426 e. The van der Waals surface area contributed by atoms with Crippen LogP contribution < -0.4 is 5.32 Å². The fraction of sp³-hybridized carbons (Fsp3) is 0.571. The molecule has 1 unspecified atom stereocenters. The quantitative estimate of drug-likeness (QED) is 0.881. The minimum absolute atomic E-state index is 0.746. The fourth-order valence-electron chi connectivity index (χ4n) is 2.49. The molecule has 1 fully saturated rings. The number of nitrogens with zero attached hydrogens (tertiary/aromatic N) is 1. The van der Waals surface area contributed by atoms with Crippen LogP contribution in [0, 0.1) is 0 Å². The molecule has 0 saturated carbocycles. The number of likely N-dealkylation sites (tertiary alicyclic amines) is 1. The number of nitrogens with one attached hydrogen (secondary N) is 1. The van der Waals surface area contributed by atoms with E-state index >= 15 is 0 Å². The summed E-state index contributed by atoms with van der Waals surface area (Å²) < 4.78 is 0. The summed E-state index contributed by atoms with van der Waals surface area (Å²) >= 11 is 5.95. The molecule has 1 heterocycles. The van der Waals surface area contributed by atoms with E-state index in [9.17, 15) is 0 Å². The second kappa shape index (κ2) is 6.27. The zero-order chi connectivity index (χ0) is 12.1. The van der Waals surface area contributed by atoms with Crippen molar-refractivity contribution in [2.45, 2.75) is 31.7 Å². The zero-order valence-corrected chi connectivity index (χ0v) is 11.2. The molecule has 94 valence electrons. The molecule has 1 aromatic carbocycles. The Morgan fingerprint density at radius 2 is 2.29 bits per heavy atom. The topological polar surface area (TPSA) is 15.3 Å². The van der Waals surface area contributed by atoms with Gasteiger partial charge >= 0.3 is 0 Å². The Morgan fingerprint density at radius 3 is 3.06 bits per heavy atom. The van der Waals surface area contributed by atoms with E-state index in [1.54, 1.807) is 0 Å². The molecule has 1 atom stereocenters. The second-order valence-electron chi connectivity index (χ2n) is 4.86. The molecule has 0 radical (unpaired) electrons. The van der Waals surface area contributed by atoms with Gasteiger partial charge in [-0.05, 0) is 51.1 Å². The number of anilines is 1. The van der Waals surface area contributed by atoms with Crippen molar-refractivity contribution in [2.75, 3.05) is 25.5 Å². The van der Waals surface area contributed by atoms with Gasteiger partial charge in [-0.3, -0.25) is 0 Å². The maximum Gasteiger partial charge on any atom is 0.0426 e. The van der Waals surface area contributed by atoms with Crippen LogP contribution in [0.1, 0.15) is 25.7 Å². The third-order valence-electron chi connectivity index (χ3n) is 3.55. The van der Waals surface area contributed by atoms with E-state index in [2.05, 4.69) is 23.3 Å². The number of hydrogen-bond donors (Lipinski definition) is 1. The summed E-state index contributed by atoms with van der Waals surface area (Å²) in [5.41, 5.74) is 1.12. The van der Waals surface area contributed by atoms with Crippen LogP contribution in [0.15, 0.2) is 24.3 Å². The van der Waals surface area contributed by atoms with Gasteiger partial charge in [0, 0.05) is 23.3 Å². The summed E-state index contributed by atoms with van der Waals surface area (Å²) in [6.07, 6.45) is 5.29. The molecular weight excluding hydrogens is 232 g/mol. The molecule has 0 spiro atoms. The zero-order valence-electron chi connectivity index (χ0n) is 10.5. The lowest BCUT2D eigenvalue weighted by atomic mass is 10.0. The number of hydrogen-bond acceptors (Lipinski definition) is 2. The van der Waals surface area contributed by atoms with Crippen molar-refractivity contribution in [2.24, 2.45) is 0 Å². The number of rotatable bonds is 4. The fourth-order valence-corrected chi connectivity index (χ4v) is 2.68. The van der Waals surface area contributed by atoms with E-state index in [1.807, 2.05) is 18.2 Å². The third-order valence-corrected chi connectivity index (χ3v) is 3.79. The van der Waals surface area contributed by atoms with Gasteiger partial charge in [0.1, 0.15) is 0 Å². The van der Waals surface area contributed by atoms with Crippen molar-refractivity contribution < 1.29 is 0 Å². The summed E-state index contributed by atoms with van der Waals surface area (Å²) in [4.78, 5) is 2.49. The third kappa shape index (κ3) is 3.90.